The first kappa shape index (κ1) is 12.6. The average molecular weight is 238 g/mol. The van der Waals surface area contributed by atoms with E-state index in [4.69, 9.17) is 0 Å². The minimum absolute atomic E-state index is 0.128. The van der Waals surface area contributed by atoms with Gasteiger partial charge in [0.15, 0.2) is 5.78 Å². The Morgan fingerprint density at radius 3 is 2.39 bits per heavy atom. The molecule has 0 unspecified atom stereocenters. The number of ketones is 1. The van der Waals surface area contributed by atoms with Crippen LogP contribution in [0.1, 0.15) is 40.4 Å². The number of rotatable bonds is 4. The van der Waals surface area contributed by atoms with E-state index in [-0.39, 0.29) is 5.78 Å². The second-order valence-corrected chi connectivity index (χ2v) is 4.55. The number of aryl methyl sites for hydroxylation is 1. The van der Waals surface area contributed by atoms with E-state index in [1.807, 2.05) is 42.5 Å². The van der Waals surface area contributed by atoms with Crippen LogP contribution in [0.3, 0.4) is 0 Å². The smallest absolute Gasteiger partial charge is 0.193 e. The molecule has 0 saturated heterocycles. The normalized spacial score (nSPS) is 10.3. The van der Waals surface area contributed by atoms with Crippen molar-refractivity contribution in [2.24, 2.45) is 0 Å². The van der Waals surface area contributed by atoms with Crippen LogP contribution < -0.4 is 0 Å². The maximum Gasteiger partial charge on any atom is 0.193 e. The third-order valence-electron chi connectivity index (χ3n) is 3.19. The Hall–Kier alpha value is -1.89. The summed E-state index contributed by atoms with van der Waals surface area (Å²) in [5.41, 5.74) is 4.01. The minimum atomic E-state index is 0.128. The third-order valence-corrected chi connectivity index (χ3v) is 3.19. The highest BCUT2D eigenvalue weighted by atomic mass is 16.1. The van der Waals surface area contributed by atoms with Crippen molar-refractivity contribution in [1.29, 1.82) is 0 Å². The fourth-order valence-corrected chi connectivity index (χ4v) is 2.24. The maximum atomic E-state index is 12.5. The monoisotopic (exact) mass is 238 g/mol. The molecule has 0 aliphatic rings. The van der Waals surface area contributed by atoms with Crippen molar-refractivity contribution in [2.75, 3.05) is 0 Å². The third kappa shape index (κ3) is 2.51. The summed E-state index contributed by atoms with van der Waals surface area (Å²) in [6.45, 7) is 4.22. The van der Waals surface area contributed by atoms with Gasteiger partial charge in [-0.3, -0.25) is 4.79 Å². The summed E-state index contributed by atoms with van der Waals surface area (Å²) in [5, 5.41) is 0. The van der Waals surface area contributed by atoms with Crippen molar-refractivity contribution < 1.29 is 4.79 Å². The second kappa shape index (κ2) is 5.63. The molecule has 92 valence electrons. The quantitative estimate of drug-likeness (QED) is 0.730. The van der Waals surface area contributed by atoms with E-state index in [9.17, 15) is 4.79 Å². The topological polar surface area (TPSA) is 17.1 Å². The van der Waals surface area contributed by atoms with Crippen LogP contribution in [0.4, 0.5) is 0 Å². The van der Waals surface area contributed by atoms with Crippen LogP contribution in [0.15, 0.2) is 48.5 Å². The minimum Gasteiger partial charge on any atom is -0.289 e. The Morgan fingerprint density at radius 2 is 1.72 bits per heavy atom. The molecule has 0 fully saturated rings. The molecule has 1 nitrogen and oxygen atoms in total. The van der Waals surface area contributed by atoms with Crippen LogP contribution in [0, 0.1) is 6.92 Å². The highest BCUT2D eigenvalue weighted by Gasteiger charge is 2.13. The van der Waals surface area contributed by atoms with Crippen molar-refractivity contribution in [3.8, 4) is 0 Å². The molecule has 0 aliphatic carbocycles. The second-order valence-electron chi connectivity index (χ2n) is 4.55. The fraction of sp³-hybridized carbons (Fsp3) is 0.235. The Morgan fingerprint density at radius 1 is 1.00 bits per heavy atom. The van der Waals surface area contributed by atoms with Crippen LogP contribution in [-0.2, 0) is 6.42 Å². The van der Waals surface area contributed by atoms with Gasteiger partial charge in [-0.2, -0.15) is 0 Å². The summed E-state index contributed by atoms with van der Waals surface area (Å²) in [4.78, 5) is 12.5. The number of carbonyl (C=O) groups excluding carboxylic acids is 1. The lowest BCUT2D eigenvalue weighted by molar-refractivity contribution is 0.103. The Balaban J connectivity index is 2.45. The lowest BCUT2D eigenvalue weighted by Gasteiger charge is -2.11. The maximum absolute atomic E-state index is 12.5. The molecule has 0 saturated carbocycles. The van der Waals surface area contributed by atoms with Gasteiger partial charge >= 0.3 is 0 Å². The summed E-state index contributed by atoms with van der Waals surface area (Å²) in [6, 6.07) is 15.5. The van der Waals surface area contributed by atoms with Gasteiger partial charge in [0.1, 0.15) is 0 Å². The first-order valence-electron chi connectivity index (χ1n) is 6.42. The summed E-state index contributed by atoms with van der Waals surface area (Å²) in [6.07, 6.45) is 2.01. The number of benzene rings is 2. The van der Waals surface area contributed by atoms with Crippen LogP contribution in [0.25, 0.3) is 0 Å². The number of hydrogen-bond donors (Lipinski definition) is 0. The molecular formula is C17H18O. The molecule has 2 aromatic rings. The average Bonchev–Trinajstić information content (AvgIpc) is 2.41. The van der Waals surface area contributed by atoms with Crippen molar-refractivity contribution in [2.45, 2.75) is 26.7 Å². The van der Waals surface area contributed by atoms with Gasteiger partial charge in [-0.15, -0.1) is 0 Å². The van der Waals surface area contributed by atoms with Gasteiger partial charge < -0.3 is 0 Å². The van der Waals surface area contributed by atoms with Crippen molar-refractivity contribution in [3.05, 3.63) is 70.8 Å². The van der Waals surface area contributed by atoms with Crippen molar-refractivity contribution >= 4 is 5.78 Å². The first-order chi connectivity index (χ1) is 8.74. The first-order valence-corrected chi connectivity index (χ1v) is 6.42. The van der Waals surface area contributed by atoms with E-state index in [1.54, 1.807) is 0 Å². The zero-order chi connectivity index (χ0) is 13.0. The van der Waals surface area contributed by atoms with Crippen LogP contribution in [-0.4, -0.2) is 5.78 Å². The van der Waals surface area contributed by atoms with Crippen molar-refractivity contribution in [1.82, 2.24) is 0 Å². The molecule has 0 atom stereocenters. The standard InChI is InChI=1S/C17H18O/c1-3-8-15-13(2)9-7-12-16(15)17(18)14-10-5-4-6-11-14/h4-7,9-12H,3,8H2,1-2H3. The molecule has 0 N–H and O–H groups in total. The van der Waals surface area contributed by atoms with Gasteiger partial charge in [0.2, 0.25) is 0 Å². The van der Waals surface area contributed by atoms with Gasteiger partial charge in [0.05, 0.1) is 0 Å². The molecule has 0 heterocycles. The van der Waals surface area contributed by atoms with Crippen LogP contribution in [0.2, 0.25) is 0 Å². The molecule has 1 heteroatoms. The van der Waals surface area contributed by atoms with E-state index in [0.717, 1.165) is 24.0 Å². The summed E-state index contributed by atoms with van der Waals surface area (Å²) in [5.74, 6) is 0.128. The van der Waals surface area contributed by atoms with E-state index in [0.29, 0.717) is 0 Å². The molecule has 2 rings (SSSR count). The van der Waals surface area contributed by atoms with Gasteiger partial charge in [0.25, 0.3) is 0 Å². The van der Waals surface area contributed by atoms with Crippen LogP contribution >= 0.6 is 0 Å². The van der Waals surface area contributed by atoms with Gasteiger partial charge in [-0.05, 0) is 24.5 Å². The zero-order valence-corrected chi connectivity index (χ0v) is 10.9. The Kier molecular flexibility index (Phi) is 3.93. The van der Waals surface area contributed by atoms with Crippen molar-refractivity contribution in [3.63, 3.8) is 0 Å². The zero-order valence-electron chi connectivity index (χ0n) is 10.9. The van der Waals surface area contributed by atoms with E-state index >= 15 is 0 Å². The van der Waals surface area contributed by atoms with Gasteiger partial charge in [-0.25, -0.2) is 0 Å². The predicted octanol–water partition coefficient (Wildman–Crippen LogP) is 4.18. The molecule has 0 spiro atoms. The molecule has 0 amide bonds. The highest BCUT2D eigenvalue weighted by molar-refractivity contribution is 6.10. The summed E-state index contributed by atoms with van der Waals surface area (Å²) >= 11 is 0. The lowest BCUT2D eigenvalue weighted by Crippen LogP contribution is -2.06. The molecule has 0 aliphatic heterocycles. The summed E-state index contributed by atoms with van der Waals surface area (Å²) < 4.78 is 0. The summed E-state index contributed by atoms with van der Waals surface area (Å²) in [7, 11) is 0. The molecular weight excluding hydrogens is 220 g/mol. The SMILES string of the molecule is CCCc1c(C)cccc1C(=O)c1ccccc1. The Labute approximate surface area is 108 Å². The molecule has 0 radical (unpaired) electrons. The molecule has 0 bridgehead atoms. The Bertz CT molecular complexity index is 541. The predicted molar refractivity (Wildman–Crippen MR) is 75.0 cm³/mol. The van der Waals surface area contributed by atoms with E-state index in [1.165, 1.54) is 11.1 Å². The van der Waals surface area contributed by atoms with Crippen LogP contribution in [0.5, 0.6) is 0 Å². The van der Waals surface area contributed by atoms with E-state index in [2.05, 4.69) is 19.9 Å². The van der Waals surface area contributed by atoms with Gasteiger partial charge in [0, 0.05) is 11.1 Å². The highest BCUT2D eigenvalue weighted by Crippen LogP contribution is 2.19. The molecule has 0 aromatic heterocycles. The molecule has 2 aromatic carbocycles. The lowest BCUT2D eigenvalue weighted by atomic mass is 9.93. The van der Waals surface area contributed by atoms with E-state index < -0.39 is 0 Å². The largest absolute Gasteiger partial charge is 0.289 e. The number of hydrogen-bond acceptors (Lipinski definition) is 1. The molecule has 18 heavy (non-hydrogen) atoms. The number of carbonyl (C=O) groups is 1. The van der Waals surface area contributed by atoms with Gasteiger partial charge in [-0.1, -0.05) is 61.9 Å². The fourth-order valence-electron chi connectivity index (χ4n) is 2.24.